The number of alkyl carbamates (subject to hydrolysis) is 1. The molecule has 2 aromatic heterocycles. The smallest absolute Gasteiger partial charge is 0.408 e. The van der Waals surface area contributed by atoms with Gasteiger partial charge in [0, 0.05) is 25.4 Å². The van der Waals surface area contributed by atoms with Crippen LogP contribution in [0, 0.1) is 0 Å². The van der Waals surface area contributed by atoms with Crippen molar-refractivity contribution in [2.75, 3.05) is 24.7 Å². The summed E-state index contributed by atoms with van der Waals surface area (Å²) in [5, 5.41) is 2.63. The summed E-state index contributed by atoms with van der Waals surface area (Å²) in [7, 11) is 1.88. The molecule has 45 heavy (non-hydrogen) atoms. The number of ether oxygens (including phenoxy) is 3. The number of rotatable bonds is 15. The number of amides is 2. The molecular formula is C33H40N6O6. The van der Waals surface area contributed by atoms with Crippen LogP contribution in [0.1, 0.15) is 67.4 Å². The lowest BCUT2D eigenvalue weighted by Gasteiger charge is -2.21. The molecule has 2 amide bonds. The van der Waals surface area contributed by atoms with Gasteiger partial charge in [-0.05, 0) is 61.4 Å². The third kappa shape index (κ3) is 9.02. The second-order valence-corrected chi connectivity index (χ2v) is 10.3. The minimum Gasteiger partial charge on any atom is -0.486 e. The van der Waals surface area contributed by atoms with Gasteiger partial charge in [-0.2, -0.15) is 0 Å². The third-order valence-corrected chi connectivity index (χ3v) is 7.10. The zero-order valence-electron chi connectivity index (χ0n) is 25.9. The summed E-state index contributed by atoms with van der Waals surface area (Å²) in [5.74, 6) is 1.01. The number of pyridine rings is 1. The Morgan fingerprint density at radius 2 is 1.82 bits per heavy atom. The molecule has 0 aliphatic carbocycles. The first-order valence-corrected chi connectivity index (χ1v) is 15.1. The molecular weight excluding hydrogens is 576 g/mol. The Labute approximate surface area is 262 Å². The van der Waals surface area contributed by atoms with E-state index in [1.807, 2.05) is 17.7 Å². The average molecular weight is 617 g/mol. The number of benzene rings is 2. The molecule has 238 valence electrons. The van der Waals surface area contributed by atoms with Gasteiger partial charge in [-0.15, -0.1) is 0 Å². The maximum Gasteiger partial charge on any atom is 0.408 e. The van der Waals surface area contributed by atoms with Crippen LogP contribution in [0.4, 0.5) is 10.6 Å². The Bertz CT molecular complexity index is 1570. The number of esters is 1. The molecule has 2 heterocycles. The number of fused-ring (bicyclic) bond motifs is 1. The maximum absolute atomic E-state index is 13.6. The van der Waals surface area contributed by atoms with Gasteiger partial charge < -0.3 is 29.8 Å². The van der Waals surface area contributed by atoms with Crippen molar-refractivity contribution in [3.05, 3.63) is 83.8 Å². The molecule has 0 saturated carbocycles. The van der Waals surface area contributed by atoms with Gasteiger partial charge in [-0.25, -0.2) is 14.8 Å². The van der Waals surface area contributed by atoms with E-state index >= 15 is 0 Å². The van der Waals surface area contributed by atoms with E-state index in [0.717, 1.165) is 24.8 Å². The zero-order chi connectivity index (χ0) is 32.2. The third-order valence-electron chi connectivity index (χ3n) is 7.10. The van der Waals surface area contributed by atoms with Gasteiger partial charge in [-0.3, -0.25) is 14.5 Å². The molecule has 1 unspecified atom stereocenters. The van der Waals surface area contributed by atoms with Crippen molar-refractivity contribution in [2.45, 2.75) is 52.3 Å². The second kappa shape index (κ2) is 16.2. The summed E-state index contributed by atoms with van der Waals surface area (Å²) in [6, 6.07) is 17.6. The van der Waals surface area contributed by atoms with Crippen molar-refractivity contribution in [1.29, 1.82) is 0 Å². The zero-order valence-corrected chi connectivity index (χ0v) is 25.9. The fourth-order valence-electron chi connectivity index (χ4n) is 4.63. The van der Waals surface area contributed by atoms with Crippen LogP contribution in [-0.4, -0.2) is 52.3 Å². The maximum atomic E-state index is 13.6. The monoisotopic (exact) mass is 616 g/mol. The van der Waals surface area contributed by atoms with Crippen LogP contribution >= 0.6 is 0 Å². The molecule has 4 rings (SSSR count). The predicted octanol–water partition coefficient (Wildman–Crippen LogP) is 5.02. The minimum atomic E-state index is -0.715. The Morgan fingerprint density at radius 3 is 2.53 bits per heavy atom. The predicted molar refractivity (Wildman–Crippen MR) is 170 cm³/mol. The van der Waals surface area contributed by atoms with E-state index in [2.05, 4.69) is 17.2 Å². The largest absolute Gasteiger partial charge is 0.486 e. The number of hydrogen-bond acceptors (Lipinski definition) is 9. The number of carbonyl (C=O) groups is 3. The molecule has 0 saturated heterocycles. The number of nitrogens with zero attached hydrogens (tertiary/aromatic N) is 4. The summed E-state index contributed by atoms with van der Waals surface area (Å²) in [6.07, 6.45) is 3.24. The van der Waals surface area contributed by atoms with Crippen molar-refractivity contribution in [1.82, 2.24) is 19.9 Å². The SMILES string of the molecule is CCCCCOC(=O)NC(N)c1ccc(OCc2nc3cc(C(=O)N(CCC(=O)OCC)c4ccccn4)ccc3n2C)cc1. The molecule has 0 bridgehead atoms. The van der Waals surface area contributed by atoms with E-state index < -0.39 is 12.3 Å². The van der Waals surface area contributed by atoms with Crippen molar-refractivity contribution >= 4 is 34.8 Å². The van der Waals surface area contributed by atoms with Gasteiger partial charge >= 0.3 is 12.1 Å². The van der Waals surface area contributed by atoms with Gasteiger partial charge in [0.1, 0.15) is 30.2 Å². The number of hydrogen-bond donors (Lipinski definition) is 2. The fraction of sp³-hybridized carbons (Fsp3) is 0.364. The summed E-state index contributed by atoms with van der Waals surface area (Å²) >= 11 is 0. The normalized spacial score (nSPS) is 11.6. The highest BCUT2D eigenvalue weighted by molar-refractivity contribution is 6.07. The summed E-state index contributed by atoms with van der Waals surface area (Å²) < 4.78 is 18.1. The number of nitrogens with one attached hydrogen (secondary N) is 1. The first-order chi connectivity index (χ1) is 21.8. The Kier molecular flexibility index (Phi) is 11.9. The van der Waals surface area contributed by atoms with E-state index in [1.54, 1.807) is 67.7 Å². The van der Waals surface area contributed by atoms with Gasteiger partial charge in [0.25, 0.3) is 5.91 Å². The Morgan fingerprint density at radius 1 is 1.02 bits per heavy atom. The van der Waals surface area contributed by atoms with Gasteiger partial charge in [-0.1, -0.05) is 38.0 Å². The number of unbranched alkanes of at least 4 members (excludes halogenated alkanes) is 2. The van der Waals surface area contributed by atoms with E-state index in [1.165, 1.54) is 4.90 Å². The molecule has 3 N–H and O–H groups in total. The van der Waals surface area contributed by atoms with Crippen LogP contribution in [0.25, 0.3) is 11.0 Å². The highest BCUT2D eigenvalue weighted by Crippen LogP contribution is 2.22. The molecule has 0 fully saturated rings. The number of aryl methyl sites for hydroxylation is 1. The quantitative estimate of drug-likeness (QED) is 0.107. The minimum absolute atomic E-state index is 0.0402. The van der Waals surface area contributed by atoms with Crippen LogP contribution in [0.5, 0.6) is 5.75 Å². The summed E-state index contributed by atoms with van der Waals surface area (Å²) in [4.78, 5) is 48.1. The Balaban J connectivity index is 1.40. The summed E-state index contributed by atoms with van der Waals surface area (Å²) in [6.45, 7) is 4.76. The van der Waals surface area contributed by atoms with Gasteiger partial charge in [0.15, 0.2) is 0 Å². The van der Waals surface area contributed by atoms with Crippen molar-refractivity contribution in [3.63, 3.8) is 0 Å². The van der Waals surface area contributed by atoms with Crippen molar-refractivity contribution in [3.8, 4) is 5.75 Å². The van der Waals surface area contributed by atoms with E-state index in [0.29, 0.717) is 40.6 Å². The molecule has 1 atom stereocenters. The van der Waals surface area contributed by atoms with Gasteiger partial charge in [0.2, 0.25) is 0 Å². The lowest BCUT2D eigenvalue weighted by Crippen LogP contribution is -2.34. The number of imidazole rings is 1. The topological polar surface area (TPSA) is 151 Å². The lowest BCUT2D eigenvalue weighted by molar-refractivity contribution is -0.142. The van der Waals surface area contributed by atoms with Crippen LogP contribution in [0.15, 0.2) is 66.9 Å². The molecule has 0 aliphatic heterocycles. The van der Waals surface area contributed by atoms with Crippen LogP contribution in [0.2, 0.25) is 0 Å². The molecule has 4 aromatic rings. The molecule has 12 heteroatoms. The molecule has 12 nitrogen and oxygen atoms in total. The Hall–Kier alpha value is -4.97. The van der Waals surface area contributed by atoms with E-state index in [9.17, 15) is 14.4 Å². The molecule has 0 radical (unpaired) electrons. The number of nitrogens with two attached hydrogens (primary N) is 1. The highest BCUT2D eigenvalue weighted by Gasteiger charge is 2.21. The first kappa shape index (κ1) is 32.9. The van der Waals surface area contributed by atoms with Gasteiger partial charge in [0.05, 0.1) is 30.7 Å². The van der Waals surface area contributed by atoms with Crippen molar-refractivity contribution in [2.24, 2.45) is 12.8 Å². The lowest BCUT2D eigenvalue weighted by atomic mass is 10.1. The summed E-state index contributed by atoms with van der Waals surface area (Å²) in [5.41, 5.74) is 8.68. The van der Waals surface area contributed by atoms with Crippen LogP contribution in [-0.2, 0) is 27.9 Å². The molecule has 2 aromatic carbocycles. The standard InChI is InChI=1S/C33H40N6O6/c1-4-6-9-20-44-33(42)37-31(34)23-11-14-25(15-12-23)45-22-29-36-26-21-24(13-16-27(26)38(29)3)32(41)39(19-17-30(40)43-5-2)28-10-7-8-18-35-28/h7-8,10-16,18,21,31H,4-6,9,17,19-20,22,34H2,1-3H3,(H,37,42). The fourth-order valence-corrected chi connectivity index (χ4v) is 4.63. The van der Waals surface area contributed by atoms with Crippen molar-refractivity contribution < 1.29 is 28.6 Å². The number of anilines is 1. The van der Waals surface area contributed by atoms with Crippen LogP contribution in [0.3, 0.4) is 0 Å². The number of carbonyl (C=O) groups excluding carboxylic acids is 3. The number of aromatic nitrogens is 3. The van der Waals surface area contributed by atoms with E-state index in [4.69, 9.17) is 24.9 Å². The molecule has 0 aliphatic rings. The first-order valence-electron chi connectivity index (χ1n) is 15.1. The van der Waals surface area contributed by atoms with Crippen LogP contribution < -0.4 is 20.7 Å². The average Bonchev–Trinajstić information content (AvgIpc) is 3.37. The highest BCUT2D eigenvalue weighted by atomic mass is 16.5. The van der Waals surface area contributed by atoms with E-state index in [-0.39, 0.29) is 38.1 Å². The molecule has 0 spiro atoms. The second-order valence-electron chi connectivity index (χ2n) is 10.3.